The third kappa shape index (κ3) is 4.66. The summed E-state index contributed by atoms with van der Waals surface area (Å²) in [6.07, 6.45) is 4.59. The summed E-state index contributed by atoms with van der Waals surface area (Å²) in [6, 6.07) is 4.68. The average molecular weight is 271 g/mol. The Morgan fingerprint density at radius 3 is 2.50 bits per heavy atom. The summed E-state index contributed by atoms with van der Waals surface area (Å²) in [5, 5.41) is 5.06. The lowest BCUT2D eigenvalue weighted by molar-refractivity contribution is 0.303. The summed E-state index contributed by atoms with van der Waals surface area (Å²) < 4.78 is 27.9. The van der Waals surface area contributed by atoms with Crippen LogP contribution in [-0.2, 0) is 10.0 Å². The van der Waals surface area contributed by atoms with Crippen molar-refractivity contribution in [1.82, 2.24) is 0 Å². The van der Waals surface area contributed by atoms with Gasteiger partial charge in [0.2, 0.25) is 10.0 Å². The SMILES string of the molecule is CCCCCCOc1ccc(S(N)(=O)=O)cc1C. The number of aryl methyl sites for hydroxylation is 1. The second kappa shape index (κ2) is 6.75. The molecule has 4 nitrogen and oxygen atoms in total. The van der Waals surface area contributed by atoms with Gasteiger partial charge in [-0.05, 0) is 37.1 Å². The summed E-state index contributed by atoms with van der Waals surface area (Å²) in [4.78, 5) is 0.123. The smallest absolute Gasteiger partial charge is 0.238 e. The maximum atomic E-state index is 11.2. The Kier molecular flexibility index (Phi) is 5.62. The maximum Gasteiger partial charge on any atom is 0.238 e. The van der Waals surface area contributed by atoms with Crippen LogP contribution in [-0.4, -0.2) is 15.0 Å². The van der Waals surface area contributed by atoms with Gasteiger partial charge in [0.15, 0.2) is 0 Å². The molecule has 0 saturated heterocycles. The maximum absolute atomic E-state index is 11.2. The molecule has 1 rings (SSSR count). The molecular formula is C13H21NO3S. The van der Waals surface area contributed by atoms with Crippen LogP contribution in [0.1, 0.15) is 38.2 Å². The van der Waals surface area contributed by atoms with Crippen molar-refractivity contribution in [2.45, 2.75) is 44.4 Å². The third-order valence-corrected chi connectivity index (χ3v) is 3.64. The molecule has 0 radical (unpaired) electrons. The number of benzene rings is 1. The van der Waals surface area contributed by atoms with Gasteiger partial charge in [0.25, 0.3) is 0 Å². The van der Waals surface area contributed by atoms with Crippen molar-refractivity contribution in [3.8, 4) is 5.75 Å². The summed E-state index contributed by atoms with van der Waals surface area (Å²) in [5.74, 6) is 0.721. The molecule has 0 fully saturated rings. The van der Waals surface area contributed by atoms with E-state index >= 15 is 0 Å². The fourth-order valence-corrected chi connectivity index (χ4v) is 2.27. The van der Waals surface area contributed by atoms with Gasteiger partial charge in [-0.15, -0.1) is 0 Å². The summed E-state index contributed by atoms with van der Waals surface area (Å²) >= 11 is 0. The lowest BCUT2D eigenvalue weighted by Gasteiger charge is -2.10. The van der Waals surface area contributed by atoms with E-state index in [2.05, 4.69) is 6.92 Å². The van der Waals surface area contributed by atoms with Gasteiger partial charge in [0.1, 0.15) is 5.75 Å². The number of ether oxygens (including phenoxy) is 1. The van der Waals surface area contributed by atoms with Gasteiger partial charge in [-0.1, -0.05) is 26.2 Å². The Bertz CT molecular complexity index is 483. The molecule has 0 spiro atoms. The van der Waals surface area contributed by atoms with E-state index < -0.39 is 10.0 Å². The van der Waals surface area contributed by atoms with Crippen LogP contribution in [0.2, 0.25) is 0 Å². The lowest BCUT2D eigenvalue weighted by atomic mass is 10.2. The molecule has 1 aromatic rings. The molecule has 0 aliphatic heterocycles. The summed E-state index contributed by atoms with van der Waals surface area (Å²) in [6.45, 7) is 4.64. The second-order valence-corrected chi connectivity index (χ2v) is 5.94. The van der Waals surface area contributed by atoms with Crippen molar-refractivity contribution in [2.24, 2.45) is 5.14 Å². The minimum absolute atomic E-state index is 0.123. The summed E-state index contributed by atoms with van der Waals surface area (Å²) in [5.41, 5.74) is 0.789. The van der Waals surface area contributed by atoms with Gasteiger partial charge in [-0.25, -0.2) is 13.6 Å². The van der Waals surface area contributed by atoms with E-state index in [0.717, 1.165) is 24.2 Å². The highest BCUT2D eigenvalue weighted by Gasteiger charge is 2.09. The highest BCUT2D eigenvalue weighted by molar-refractivity contribution is 7.89. The molecule has 102 valence electrons. The van der Waals surface area contributed by atoms with Crippen LogP contribution in [0.15, 0.2) is 23.1 Å². The molecule has 0 atom stereocenters. The predicted octanol–water partition coefficient (Wildman–Crippen LogP) is 2.60. The van der Waals surface area contributed by atoms with Crippen LogP contribution >= 0.6 is 0 Å². The normalized spacial score (nSPS) is 11.5. The first-order valence-corrected chi connectivity index (χ1v) is 7.76. The first kappa shape index (κ1) is 15.0. The fraction of sp³-hybridized carbons (Fsp3) is 0.538. The molecule has 18 heavy (non-hydrogen) atoms. The quantitative estimate of drug-likeness (QED) is 0.775. The Labute approximate surface area is 109 Å². The molecule has 0 unspecified atom stereocenters. The Morgan fingerprint density at radius 1 is 1.22 bits per heavy atom. The standard InChI is InChI=1S/C13H21NO3S/c1-3-4-5-6-9-17-13-8-7-12(10-11(13)2)18(14,15)16/h7-8,10H,3-6,9H2,1-2H3,(H2,14,15,16). The Hall–Kier alpha value is -1.07. The van der Waals surface area contributed by atoms with E-state index in [1.807, 2.05) is 6.92 Å². The van der Waals surface area contributed by atoms with Crippen LogP contribution in [0, 0.1) is 6.92 Å². The van der Waals surface area contributed by atoms with Gasteiger partial charge in [-0.2, -0.15) is 0 Å². The number of hydrogen-bond donors (Lipinski definition) is 1. The molecule has 2 N–H and O–H groups in total. The van der Waals surface area contributed by atoms with Crippen LogP contribution in [0.4, 0.5) is 0 Å². The minimum atomic E-state index is -3.63. The molecule has 0 amide bonds. The van der Waals surface area contributed by atoms with Gasteiger partial charge in [0, 0.05) is 0 Å². The first-order valence-electron chi connectivity index (χ1n) is 6.21. The highest BCUT2D eigenvalue weighted by atomic mass is 32.2. The molecule has 0 bridgehead atoms. The number of nitrogens with two attached hydrogens (primary N) is 1. The number of rotatable bonds is 7. The van der Waals surface area contributed by atoms with Gasteiger partial charge >= 0.3 is 0 Å². The first-order chi connectivity index (χ1) is 8.45. The Morgan fingerprint density at radius 2 is 1.94 bits per heavy atom. The Balaban J connectivity index is 2.58. The van der Waals surface area contributed by atoms with E-state index in [1.54, 1.807) is 6.07 Å². The van der Waals surface area contributed by atoms with Crippen molar-refractivity contribution in [3.63, 3.8) is 0 Å². The highest BCUT2D eigenvalue weighted by Crippen LogP contribution is 2.21. The average Bonchev–Trinajstić information content (AvgIpc) is 2.29. The number of hydrogen-bond acceptors (Lipinski definition) is 3. The zero-order chi connectivity index (χ0) is 13.6. The monoisotopic (exact) mass is 271 g/mol. The van der Waals surface area contributed by atoms with Crippen molar-refractivity contribution in [2.75, 3.05) is 6.61 Å². The number of unbranched alkanes of at least 4 members (excludes halogenated alkanes) is 3. The van der Waals surface area contributed by atoms with Crippen LogP contribution in [0.5, 0.6) is 5.75 Å². The molecule has 0 aliphatic rings. The molecule has 0 aromatic heterocycles. The number of primary sulfonamides is 1. The van der Waals surface area contributed by atoms with Crippen LogP contribution in [0.3, 0.4) is 0 Å². The summed E-state index contributed by atoms with van der Waals surface area (Å²) in [7, 11) is -3.63. The largest absolute Gasteiger partial charge is 0.493 e. The van der Waals surface area contributed by atoms with Crippen molar-refractivity contribution < 1.29 is 13.2 Å². The second-order valence-electron chi connectivity index (χ2n) is 4.38. The van der Waals surface area contributed by atoms with Gasteiger partial charge in [0.05, 0.1) is 11.5 Å². The topological polar surface area (TPSA) is 69.4 Å². The van der Waals surface area contributed by atoms with Crippen LogP contribution in [0.25, 0.3) is 0 Å². The molecule has 0 aliphatic carbocycles. The third-order valence-electron chi connectivity index (χ3n) is 2.73. The molecule has 1 aromatic carbocycles. The molecular weight excluding hydrogens is 250 g/mol. The lowest BCUT2D eigenvalue weighted by Crippen LogP contribution is -2.12. The van der Waals surface area contributed by atoms with Crippen molar-refractivity contribution >= 4 is 10.0 Å². The molecule has 5 heteroatoms. The fourth-order valence-electron chi connectivity index (χ4n) is 1.67. The van der Waals surface area contributed by atoms with E-state index in [1.165, 1.54) is 25.0 Å². The van der Waals surface area contributed by atoms with Crippen molar-refractivity contribution in [1.29, 1.82) is 0 Å². The molecule has 0 heterocycles. The van der Waals surface area contributed by atoms with Gasteiger partial charge < -0.3 is 4.74 Å². The molecule has 0 saturated carbocycles. The zero-order valence-corrected chi connectivity index (χ0v) is 11.8. The van der Waals surface area contributed by atoms with E-state index in [0.29, 0.717) is 6.61 Å². The minimum Gasteiger partial charge on any atom is -0.493 e. The van der Waals surface area contributed by atoms with Crippen molar-refractivity contribution in [3.05, 3.63) is 23.8 Å². The zero-order valence-electron chi connectivity index (χ0n) is 11.0. The van der Waals surface area contributed by atoms with E-state index in [9.17, 15) is 8.42 Å². The van der Waals surface area contributed by atoms with Gasteiger partial charge in [-0.3, -0.25) is 0 Å². The predicted molar refractivity (Wildman–Crippen MR) is 72.2 cm³/mol. The number of sulfonamides is 1. The van der Waals surface area contributed by atoms with E-state index in [-0.39, 0.29) is 4.90 Å². The van der Waals surface area contributed by atoms with Crippen LogP contribution < -0.4 is 9.88 Å². The van der Waals surface area contributed by atoms with E-state index in [4.69, 9.17) is 9.88 Å².